The lowest BCUT2D eigenvalue weighted by Crippen LogP contribution is -2.33. The first-order valence-corrected chi connectivity index (χ1v) is 12.3. The number of hydrogen-bond acceptors (Lipinski definition) is 15. The van der Waals surface area contributed by atoms with Gasteiger partial charge in [0.1, 0.15) is 30.2 Å². The van der Waals surface area contributed by atoms with Gasteiger partial charge < -0.3 is 40.3 Å². The van der Waals surface area contributed by atoms with Gasteiger partial charge in [-0.2, -0.15) is 0 Å². The number of fused-ring (bicyclic) bond motifs is 1. The maximum atomic E-state index is 11.7. The molecule has 1 aliphatic heterocycles. The number of aliphatic hydroxyl groups excluding tert-OH is 2. The van der Waals surface area contributed by atoms with Crippen LogP contribution in [0.2, 0.25) is 0 Å². The van der Waals surface area contributed by atoms with Crippen LogP contribution in [0.15, 0.2) is 12.7 Å². The summed E-state index contributed by atoms with van der Waals surface area (Å²) in [6.45, 7) is -1.000. The molecule has 0 aromatic carbocycles. The molecule has 0 radical (unpaired) electrons. The molecule has 0 bridgehead atoms. The molecule has 174 valence electrons. The summed E-state index contributed by atoms with van der Waals surface area (Å²) in [6, 6.07) is 0. The molecule has 0 saturated carbocycles. The van der Waals surface area contributed by atoms with Crippen molar-refractivity contribution in [3.63, 3.8) is 0 Å². The first-order chi connectivity index (χ1) is 14.2. The highest BCUT2D eigenvalue weighted by atomic mass is 31.3. The Labute approximate surface area is 171 Å². The zero-order valence-corrected chi connectivity index (χ0v) is 17.5. The quantitative estimate of drug-likeness (QED) is 0.225. The van der Waals surface area contributed by atoms with Crippen LogP contribution in [-0.2, 0) is 31.6 Å². The van der Waals surface area contributed by atoms with E-state index in [4.69, 9.17) is 15.4 Å². The van der Waals surface area contributed by atoms with Gasteiger partial charge in [-0.15, -0.1) is 0 Å². The second-order valence-corrected chi connectivity index (χ2v) is 10.3. The van der Waals surface area contributed by atoms with Crippen LogP contribution in [-0.4, -0.2) is 64.4 Å². The first kappa shape index (κ1) is 24.3. The van der Waals surface area contributed by atoms with Gasteiger partial charge in [0.2, 0.25) is 0 Å². The highest BCUT2D eigenvalue weighted by Gasteiger charge is 2.45. The molecule has 31 heavy (non-hydrogen) atoms. The molecule has 1 fully saturated rings. The molecule has 7 atom stereocenters. The third-order valence-corrected chi connectivity index (χ3v) is 7.53. The van der Waals surface area contributed by atoms with E-state index in [1.54, 1.807) is 0 Å². The number of imidazole rings is 1. The number of nitrogen functional groups attached to an aromatic ring is 1. The van der Waals surface area contributed by atoms with Gasteiger partial charge in [0.05, 0.1) is 12.9 Å². The molecule has 2 aromatic heterocycles. The molecular weight excluding hydrogens is 491 g/mol. The van der Waals surface area contributed by atoms with Crippen molar-refractivity contribution in [1.29, 1.82) is 0 Å². The second kappa shape index (κ2) is 8.53. The van der Waals surface area contributed by atoms with Crippen LogP contribution >= 0.6 is 23.5 Å². The van der Waals surface area contributed by atoms with E-state index in [1.165, 1.54) is 10.9 Å². The van der Waals surface area contributed by atoms with Gasteiger partial charge in [0, 0.05) is 0 Å². The Bertz CT molecular complexity index is 1100. The van der Waals surface area contributed by atoms with E-state index in [0.29, 0.717) is 0 Å². The third-order valence-electron chi connectivity index (χ3n) is 3.81. The molecule has 1 saturated heterocycles. The number of ether oxygens (including phenoxy) is 1. The highest BCUT2D eigenvalue weighted by molar-refractivity contribution is 7.65. The average molecular weight is 505 g/mol. The minimum absolute atomic E-state index is 0.0322. The summed E-state index contributed by atoms with van der Waals surface area (Å²) in [5.74, 6) is 0.0322. The fourth-order valence-corrected chi connectivity index (χ4v) is 5.55. The first-order valence-electron chi connectivity index (χ1n) is 7.88. The van der Waals surface area contributed by atoms with E-state index in [9.17, 15) is 38.6 Å². The summed E-state index contributed by atoms with van der Waals surface area (Å²) in [5, 5.41) is 20.4. The topological polar surface area (TPSA) is 285 Å². The SMILES string of the molecule is Nc1ncnc2c1ncn2C1OC(COP(=O)(O)OP(=O)([O-])OP(=O)([O-])O)C(O)C1O. The van der Waals surface area contributed by atoms with Gasteiger partial charge >= 0.3 is 7.82 Å². The maximum absolute atomic E-state index is 11.7. The molecule has 0 amide bonds. The Morgan fingerprint density at radius 1 is 1.13 bits per heavy atom. The molecule has 0 aliphatic carbocycles. The summed E-state index contributed by atoms with van der Waals surface area (Å²) in [7, 11) is -17.4. The Kier molecular flexibility index (Phi) is 6.68. The highest BCUT2D eigenvalue weighted by Crippen LogP contribution is 2.63. The van der Waals surface area contributed by atoms with Gasteiger partial charge in [-0.3, -0.25) is 18.2 Å². The Morgan fingerprint density at radius 2 is 1.81 bits per heavy atom. The summed E-state index contributed by atoms with van der Waals surface area (Å²) >= 11 is 0. The number of hydrogen-bond donors (Lipinski definition) is 5. The Balaban J connectivity index is 1.69. The molecule has 1 aliphatic rings. The van der Waals surface area contributed by atoms with E-state index < -0.39 is 54.6 Å². The van der Waals surface area contributed by atoms with Gasteiger partial charge in [0.25, 0.3) is 15.6 Å². The van der Waals surface area contributed by atoms with Crippen LogP contribution in [0.4, 0.5) is 5.82 Å². The Hall–Kier alpha value is -1.36. The third kappa shape index (κ3) is 5.71. The number of aromatic nitrogens is 4. The monoisotopic (exact) mass is 505 g/mol. The normalized spacial score (nSPS) is 30.0. The molecule has 3 rings (SSSR count). The largest absolute Gasteiger partial charge is 0.756 e. The lowest BCUT2D eigenvalue weighted by Gasteiger charge is -2.28. The van der Waals surface area contributed by atoms with Crippen LogP contribution in [0.5, 0.6) is 0 Å². The van der Waals surface area contributed by atoms with E-state index in [-0.39, 0.29) is 17.0 Å². The smallest absolute Gasteiger partial charge is 0.478 e. The van der Waals surface area contributed by atoms with Crippen molar-refractivity contribution in [1.82, 2.24) is 19.5 Å². The number of nitrogens with two attached hydrogens (primary N) is 1. The molecule has 7 unspecified atom stereocenters. The number of nitrogens with zero attached hydrogens (tertiary/aromatic N) is 4. The molecule has 3 heterocycles. The minimum atomic E-state index is -6.01. The molecular formula is C10H14N5O13P3-2. The van der Waals surface area contributed by atoms with E-state index in [0.717, 1.165) is 6.33 Å². The second-order valence-electron chi connectivity index (χ2n) is 5.97. The Morgan fingerprint density at radius 3 is 2.45 bits per heavy atom. The van der Waals surface area contributed by atoms with Crippen LogP contribution in [0, 0.1) is 0 Å². The van der Waals surface area contributed by atoms with E-state index in [2.05, 4.69) is 28.1 Å². The minimum Gasteiger partial charge on any atom is -0.756 e. The van der Waals surface area contributed by atoms with E-state index >= 15 is 0 Å². The predicted molar refractivity (Wildman–Crippen MR) is 91.0 cm³/mol. The number of aliphatic hydroxyl groups is 2. The van der Waals surface area contributed by atoms with Gasteiger partial charge in [-0.05, 0) is 0 Å². The number of phosphoric acid groups is 3. The summed E-state index contributed by atoms with van der Waals surface area (Å²) < 4.78 is 51.0. The molecule has 18 nitrogen and oxygen atoms in total. The van der Waals surface area contributed by atoms with Crippen molar-refractivity contribution in [2.75, 3.05) is 12.3 Å². The predicted octanol–water partition coefficient (Wildman–Crippen LogP) is -2.89. The van der Waals surface area contributed by atoms with Crippen LogP contribution in [0.3, 0.4) is 0 Å². The lowest BCUT2D eigenvalue weighted by atomic mass is 10.1. The number of phosphoric ester groups is 1. The number of rotatable bonds is 8. The van der Waals surface area contributed by atoms with Crippen molar-refractivity contribution in [3.8, 4) is 0 Å². The molecule has 6 N–H and O–H groups in total. The molecule has 2 aromatic rings. The van der Waals surface area contributed by atoms with Crippen LogP contribution in [0.1, 0.15) is 6.23 Å². The number of anilines is 1. The van der Waals surface area contributed by atoms with Gasteiger partial charge in [-0.25, -0.2) is 28.1 Å². The zero-order chi connectivity index (χ0) is 23.2. The van der Waals surface area contributed by atoms with Crippen molar-refractivity contribution in [2.45, 2.75) is 24.5 Å². The average Bonchev–Trinajstić information content (AvgIpc) is 3.13. The van der Waals surface area contributed by atoms with E-state index in [1.807, 2.05) is 0 Å². The fourth-order valence-electron chi connectivity index (χ4n) is 2.61. The lowest BCUT2D eigenvalue weighted by molar-refractivity contribution is -0.236. The van der Waals surface area contributed by atoms with Crippen LogP contribution in [0.25, 0.3) is 11.2 Å². The summed E-state index contributed by atoms with van der Waals surface area (Å²) in [4.78, 5) is 51.0. The fraction of sp³-hybridized carbons (Fsp3) is 0.500. The van der Waals surface area contributed by atoms with Crippen molar-refractivity contribution in [2.24, 2.45) is 0 Å². The summed E-state index contributed by atoms with van der Waals surface area (Å²) in [5.41, 5.74) is 5.97. The summed E-state index contributed by atoms with van der Waals surface area (Å²) in [6.07, 6.45) is -3.81. The van der Waals surface area contributed by atoms with Gasteiger partial charge in [0.15, 0.2) is 17.7 Å². The van der Waals surface area contributed by atoms with Crippen molar-refractivity contribution >= 4 is 40.4 Å². The molecule has 0 spiro atoms. The van der Waals surface area contributed by atoms with Crippen molar-refractivity contribution in [3.05, 3.63) is 12.7 Å². The zero-order valence-electron chi connectivity index (χ0n) is 14.8. The van der Waals surface area contributed by atoms with Crippen molar-refractivity contribution < 1.29 is 61.4 Å². The standard InChI is InChI=1S/C10H16N5O13P3/c11-8-5-9(13-2-12-8)15(3-14-5)10-7(17)6(16)4(26-10)1-25-30(21,22)28-31(23,24)27-29(18,19)20/h2-4,6-7,10,16-17H,1H2,(H,21,22)(H,23,24)(H2,11,12,13)(H2,18,19,20)/p-2. The van der Waals surface area contributed by atoms with Gasteiger partial charge in [-0.1, -0.05) is 0 Å². The maximum Gasteiger partial charge on any atom is 0.478 e. The molecule has 21 heteroatoms. The van der Waals surface area contributed by atoms with Crippen LogP contribution < -0.4 is 15.5 Å².